The van der Waals surface area contributed by atoms with Crippen LogP contribution in [0.3, 0.4) is 0 Å². The quantitative estimate of drug-likeness (QED) is 0.842. The second kappa shape index (κ2) is 4.87. The summed E-state index contributed by atoms with van der Waals surface area (Å²) in [7, 11) is 0. The largest absolute Gasteiger partial charge is 0.480 e. The fourth-order valence-electron chi connectivity index (χ4n) is 2.65. The fraction of sp³-hybridized carbons (Fsp3) is 0.462. The van der Waals surface area contributed by atoms with Gasteiger partial charge in [0.1, 0.15) is 6.04 Å². The lowest BCUT2D eigenvalue weighted by atomic mass is 10.1. The number of hydrogen-bond acceptors (Lipinski definition) is 4. The van der Waals surface area contributed by atoms with Crippen molar-refractivity contribution in [1.29, 1.82) is 0 Å². The minimum Gasteiger partial charge on any atom is -0.480 e. The third-order valence-electron chi connectivity index (χ3n) is 3.40. The Hall–Kier alpha value is -2.11. The van der Waals surface area contributed by atoms with E-state index in [1.54, 1.807) is 17.9 Å². The van der Waals surface area contributed by atoms with Crippen LogP contribution in [0, 0.1) is 13.8 Å². The van der Waals surface area contributed by atoms with Gasteiger partial charge in [0.2, 0.25) is 0 Å². The Kier molecular flexibility index (Phi) is 3.42. The lowest BCUT2D eigenvalue weighted by molar-refractivity contribution is -0.138. The van der Waals surface area contributed by atoms with Crippen molar-refractivity contribution in [2.75, 3.05) is 11.4 Å². The molecular formula is C13H17N3O3. The van der Waals surface area contributed by atoms with Crippen LogP contribution in [0.4, 0.5) is 5.69 Å². The van der Waals surface area contributed by atoms with Crippen molar-refractivity contribution in [3.05, 3.63) is 23.0 Å². The first-order valence-electron chi connectivity index (χ1n) is 6.19. The van der Waals surface area contributed by atoms with Gasteiger partial charge < -0.3 is 15.7 Å². The highest BCUT2D eigenvalue weighted by atomic mass is 16.4. The van der Waals surface area contributed by atoms with Gasteiger partial charge in [0.05, 0.1) is 16.9 Å². The van der Waals surface area contributed by atoms with Gasteiger partial charge in [0.15, 0.2) is 0 Å². The van der Waals surface area contributed by atoms with Gasteiger partial charge in [-0.3, -0.25) is 9.78 Å². The van der Waals surface area contributed by atoms with Gasteiger partial charge in [-0.05, 0) is 32.8 Å². The maximum atomic E-state index is 11.6. The minimum atomic E-state index is -0.875. The molecule has 2 rings (SSSR count). The number of aryl methyl sites for hydroxylation is 2. The van der Waals surface area contributed by atoms with Crippen LogP contribution in [0.2, 0.25) is 0 Å². The molecule has 2 heterocycles. The highest BCUT2D eigenvalue weighted by Crippen LogP contribution is 2.30. The van der Waals surface area contributed by atoms with E-state index < -0.39 is 17.9 Å². The Morgan fingerprint density at radius 1 is 1.47 bits per heavy atom. The topological polar surface area (TPSA) is 96.5 Å². The SMILES string of the molecule is Cc1cc(N2CCCC2C(=O)O)c(C(N)=O)c(C)n1. The summed E-state index contributed by atoms with van der Waals surface area (Å²) in [5, 5.41) is 9.24. The van der Waals surface area contributed by atoms with Crippen LogP contribution in [0.5, 0.6) is 0 Å². The van der Waals surface area contributed by atoms with Gasteiger partial charge in [0, 0.05) is 12.2 Å². The number of aromatic nitrogens is 1. The first-order chi connectivity index (χ1) is 8.91. The second-order valence-corrected chi connectivity index (χ2v) is 4.80. The number of rotatable bonds is 3. The molecule has 3 N–H and O–H groups in total. The van der Waals surface area contributed by atoms with Crippen molar-refractivity contribution in [3.8, 4) is 0 Å². The molecule has 0 saturated carbocycles. The monoisotopic (exact) mass is 263 g/mol. The van der Waals surface area contributed by atoms with Gasteiger partial charge in [-0.25, -0.2) is 4.79 Å². The molecule has 1 aromatic rings. The van der Waals surface area contributed by atoms with Crippen molar-refractivity contribution in [3.63, 3.8) is 0 Å². The number of nitrogens with zero attached hydrogens (tertiary/aromatic N) is 2. The maximum Gasteiger partial charge on any atom is 0.326 e. The zero-order valence-corrected chi connectivity index (χ0v) is 11.0. The summed E-state index contributed by atoms with van der Waals surface area (Å²) >= 11 is 0. The lowest BCUT2D eigenvalue weighted by Crippen LogP contribution is -2.37. The average Bonchev–Trinajstić information content (AvgIpc) is 2.75. The van der Waals surface area contributed by atoms with Crippen LogP contribution >= 0.6 is 0 Å². The molecule has 0 bridgehead atoms. The molecule has 1 fully saturated rings. The molecule has 0 radical (unpaired) electrons. The average molecular weight is 263 g/mol. The molecule has 6 heteroatoms. The number of nitrogens with two attached hydrogens (primary N) is 1. The number of pyridine rings is 1. The first-order valence-corrected chi connectivity index (χ1v) is 6.19. The van der Waals surface area contributed by atoms with Gasteiger partial charge in [0.25, 0.3) is 5.91 Å². The van der Waals surface area contributed by atoms with E-state index in [4.69, 9.17) is 5.73 Å². The molecule has 1 atom stereocenters. The standard InChI is InChI=1S/C13H17N3O3/c1-7-6-10(11(12(14)17)8(2)15-7)16-5-3-4-9(16)13(18)19/h6,9H,3-5H2,1-2H3,(H2,14,17)(H,18,19). The van der Waals surface area contributed by atoms with Crippen LogP contribution in [0.15, 0.2) is 6.07 Å². The molecule has 1 aliphatic heterocycles. The van der Waals surface area contributed by atoms with Crippen molar-refractivity contribution in [2.24, 2.45) is 5.73 Å². The number of carboxylic acids is 1. The van der Waals surface area contributed by atoms with Crippen LogP contribution in [-0.2, 0) is 4.79 Å². The van der Waals surface area contributed by atoms with Crippen molar-refractivity contribution >= 4 is 17.6 Å². The smallest absolute Gasteiger partial charge is 0.326 e. The molecule has 0 spiro atoms. The van der Waals surface area contributed by atoms with Crippen molar-refractivity contribution in [2.45, 2.75) is 32.7 Å². The Morgan fingerprint density at radius 3 is 2.74 bits per heavy atom. The Balaban J connectivity index is 2.55. The zero-order valence-electron chi connectivity index (χ0n) is 11.0. The van der Waals surface area contributed by atoms with E-state index in [0.717, 1.165) is 12.1 Å². The number of carbonyl (C=O) groups excluding carboxylic acids is 1. The van der Waals surface area contributed by atoms with Crippen LogP contribution < -0.4 is 10.6 Å². The van der Waals surface area contributed by atoms with E-state index in [-0.39, 0.29) is 0 Å². The van der Waals surface area contributed by atoms with E-state index in [1.807, 2.05) is 6.92 Å². The number of hydrogen-bond donors (Lipinski definition) is 2. The summed E-state index contributed by atoms with van der Waals surface area (Å²) in [6.07, 6.45) is 1.36. The third-order valence-corrected chi connectivity index (χ3v) is 3.40. The lowest BCUT2D eigenvalue weighted by Gasteiger charge is -2.26. The zero-order chi connectivity index (χ0) is 14.2. The molecule has 1 saturated heterocycles. The molecule has 0 aromatic carbocycles. The van der Waals surface area contributed by atoms with Gasteiger partial charge >= 0.3 is 5.97 Å². The Morgan fingerprint density at radius 2 is 2.16 bits per heavy atom. The summed E-state index contributed by atoms with van der Waals surface area (Å²) in [6.45, 7) is 4.13. The summed E-state index contributed by atoms with van der Waals surface area (Å²) in [6, 6.07) is 1.13. The van der Waals surface area contributed by atoms with E-state index in [2.05, 4.69) is 4.98 Å². The van der Waals surface area contributed by atoms with Crippen LogP contribution in [0.25, 0.3) is 0 Å². The van der Waals surface area contributed by atoms with Gasteiger partial charge in [-0.2, -0.15) is 0 Å². The molecule has 1 amide bonds. The number of carboxylic acid groups (broad SMARTS) is 1. The normalized spacial score (nSPS) is 18.6. The van der Waals surface area contributed by atoms with Gasteiger partial charge in [-0.15, -0.1) is 0 Å². The molecule has 19 heavy (non-hydrogen) atoms. The summed E-state index contributed by atoms with van der Waals surface area (Å²) < 4.78 is 0. The number of aliphatic carboxylic acids is 1. The van der Waals surface area contributed by atoms with E-state index >= 15 is 0 Å². The number of primary amides is 1. The first kappa shape index (κ1) is 13.3. The van der Waals surface area contributed by atoms with Crippen molar-refractivity contribution < 1.29 is 14.7 Å². The molecule has 0 aliphatic carbocycles. The fourth-order valence-corrected chi connectivity index (χ4v) is 2.65. The second-order valence-electron chi connectivity index (χ2n) is 4.80. The molecule has 1 unspecified atom stereocenters. The summed E-state index contributed by atoms with van der Waals surface area (Å²) in [5.74, 6) is -1.45. The Labute approximate surface area is 111 Å². The van der Waals surface area contributed by atoms with Crippen LogP contribution in [0.1, 0.15) is 34.6 Å². The van der Waals surface area contributed by atoms with E-state index in [1.165, 1.54) is 0 Å². The predicted octanol–water partition coefficient (Wildman–Crippen LogP) is 0.851. The number of amides is 1. The molecular weight excluding hydrogens is 246 g/mol. The summed E-state index contributed by atoms with van der Waals surface area (Å²) in [5.41, 5.74) is 7.59. The minimum absolute atomic E-state index is 0.318. The predicted molar refractivity (Wildman–Crippen MR) is 70.2 cm³/mol. The van der Waals surface area contributed by atoms with Crippen molar-refractivity contribution in [1.82, 2.24) is 4.98 Å². The molecule has 1 aliphatic rings. The highest BCUT2D eigenvalue weighted by molar-refractivity contribution is 6.00. The summed E-state index contributed by atoms with van der Waals surface area (Å²) in [4.78, 5) is 28.8. The highest BCUT2D eigenvalue weighted by Gasteiger charge is 2.33. The third kappa shape index (κ3) is 2.38. The number of carbonyl (C=O) groups is 2. The molecule has 102 valence electrons. The van der Waals surface area contributed by atoms with E-state index in [0.29, 0.717) is 29.9 Å². The molecule has 1 aromatic heterocycles. The van der Waals surface area contributed by atoms with Crippen LogP contribution in [-0.4, -0.2) is 34.6 Å². The van der Waals surface area contributed by atoms with E-state index in [9.17, 15) is 14.7 Å². The Bertz CT molecular complexity index is 542. The number of anilines is 1. The maximum absolute atomic E-state index is 11.6. The molecule has 6 nitrogen and oxygen atoms in total. The van der Waals surface area contributed by atoms with Gasteiger partial charge in [-0.1, -0.05) is 0 Å².